The van der Waals surface area contributed by atoms with Crippen molar-refractivity contribution in [1.82, 2.24) is 0 Å². The Morgan fingerprint density at radius 3 is 1.97 bits per heavy atom. The van der Waals surface area contributed by atoms with E-state index in [0.717, 1.165) is 17.5 Å². The van der Waals surface area contributed by atoms with Crippen molar-refractivity contribution in [3.8, 4) is 11.1 Å². The van der Waals surface area contributed by atoms with Gasteiger partial charge in [-0.25, -0.2) is 9.69 Å². The smallest absolute Gasteiger partial charge is 0.340 e. The molecule has 1 aliphatic heterocycles. The third-order valence-corrected chi connectivity index (χ3v) is 8.68. The maximum absolute atomic E-state index is 13.5. The molecule has 1 heterocycles. The second-order valence-electron chi connectivity index (χ2n) is 10.6. The maximum Gasteiger partial charge on any atom is 0.340 e. The number of allylic oxidation sites excluding steroid dienone is 2. The summed E-state index contributed by atoms with van der Waals surface area (Å²) in [5.41, 5.74) is 2.79. The lowest BCUT2D eigenvalue weighted by molar-refractivity contribution is -0.124. The number of imide groups is 1. The van der Waals surface area contributed by atoms with Gasteiger partial charge in [0.25, 0.3) is 0 Å². The van der Waals surface area contributed by atoms with Gasteiger partial charge in [0.05, 0.1) is 23.1 Å². The second kappa shape index (κ2) is 8.62. The Balaban J connectivity index is 1.07. The van der Waals surface area contributed by atoms with Crippen LogP contribution < -0.4 is 4.90 Å². The summed E-state index contributed by atoms with van der Waals surface area (Å²) in [6.45, 7) is -0.442. The zero-order valence-electron chi connectivity index (χ0n) is 20.5. The van der Waals surface area contributed by atoms with Crippen molar-refractivity contribution in [2.24, 2.45) is 35.5 Å². The largest absolute Gasteiger partial charge is 0.454 e. The van der Waals surface area contributed by atoms with E-state index in [1.807, 2.05) is 42.5 Å². The van der Waals surface area contributed by atoms with Gasteiger partial charge >= 0.3 is 5.97 Å². The number of amides is 2. The first-order chi connectivity index (χ1) is 18.5. The number of para-hydroxylation sites is 1. The van der Waals surface area contributed by atoms with E-state index in [2.05, 4.69) is 12.2 Å². The number of carbonyl (C=O) groups excluding carboxylic acids is 4. The molecule has 5 aliphatic rings. The fourth-order valence-electron chi connectivity index (χ4n) is 6.81. The summed E-state index contributed by atoms with van der Waals surface area (Å²) in [5.74, 6) is -1.07. The normalized spacial score (nSPS) is 28.2. The molecule has 3 fully saturated rings. The summed E-state index contributed by atoms with van der Waals surface area (Å²) < 4.78 is 5.38. The number of hydrogen-bond acceptors (Lipinski definition) is 5. The SMILES string of the molecule is O=C(COC(=O)c1ccccc1N1C(=O)[C@@H]2[C@@H]3C=C[C@H]([C@H]4C[C@H]34)[C@@H]2C1=O)c1ccc(-c2ccccc2)cc1. The standard InChI is InChI=1S/C32H25NO5/c34-27(20-12-10-19(11-13-20)18-6-2-1-3-7-18)17-38-32(37)23-8-4-5-9-26(23)33-30(35)28-21-14-15-22(25-16-24(21)25)29(28)31(33)36/h1-15,21-22,24-25,28-29H,16-17H2/t21-,22-,24-,25-,28-,29+/m1/s1. The molecule has 0 unspecified atom stereocenters. The molecule has 38 heavy (non-hydrogen) atoms. The fraction of sp³-hybridized carbons (Fsp3) is 0.250. The molecule has 0 N–H and O–H groups in total. The molecule has 6 nitrogen and oxygen atoms in total. The minimum atomic E-state index is -0.741. The molecule has 188 valence electrons. The lowest BCUT2D eigenvalue weighted by Crippen LogP contribution is -2.40. The molecule has 0 aromatic heterocycles. The molecular weight excluding hydrogens is 478 g/mol. The van der Waals surface area contributed by atoms with Crippen molar-refractivity contribution in [2.45, 2.75) is 6.42 Å². The minimum absolute atomic E-state index is 0.0986. The van der Waals surface area contributed by atoms with Gasteiger partial charge in [-0.15, -0.1) is 0 Å². The van der Waals surface area contributed by atoms with Crippen molar-refractivity contribution in [2.75, 3.05) is 11.5 Å². The van der Waals surface area contributed by atoms with Crippen LogP contribution in [0.25, 0.3) is 11.1 Å². The number of Topliss-reactive ketones (excluding diaryl/α,β-unsaturated/α-hetero) is 1. The predicted molar refractivity (Wildman–Crippen MR) is 140 cm³/mol. The number of hydrogen-bond donors (Lipinski definition) is 0. The van der Waals surface area contributed by atoms with E-state index >= 15 is 0 Å². The summed E-state index contributed by atoms with van der Waals surface area (Å²) >= 11 is 0. The molecule has 0 radical (unpaired) electrons. The van der Waals surface area contributed by atoms with Gasteiger partial charge in [0.1, 0.15) is 0 Å². The number of ketones is 1. The maximum atomic E-state index is 13.5. The third kappa shape index (κ3) is 3.47. The Morgan fingerprint density at radius 1 is 0.737 bits per heavy atom. The highest BCUT2D eigenvalue weighted by atomic mass is 16.5. The number of nitrogens with zero attached hydrogens (tertiary/aromatic N) is 1. The van der Waals surface area contributed by atoms with Crippen LogP contribution in [0.2, 0.25) is 0 Å². The number of rotatable bonds is 6. The average molecular weight is 504 g/mol. The first-order valence-electron chi connectivity index (χ1n) is 13.0. The highest BCUT2D eigenvalue weighted by molar-refractivity contribution is 6.24. The van der Waals surface area contributed by atoms with Crippen LogP contribution in [0, 0.1) is 35.5 Å². The molecule has 2 bridgehead atoms. The molecule has 2 saturated carbocycles. The van der Waals surface area contributed by atoms with Crippen molar-refractivity contribution in [3.05, 3.63) is 102 Å². The third-order valence-electron chi connectivity index (χ3n) is 8.68. The summed E-state index contributed by atoms with van der Waals surface area (Å²) in [7, 11) is 0. The molecule has 1 saturated heterocycles. The van der Waals surface area contributed by atoms with Crippen LogP contribution in [0.4, 0.5) is 5.69 Å². The fourth-order valence-corrected chi connectivity index (χ4v) is 6.81. The van der Waals surface area contributed by atoms with Gasteiger partial charge < -0.3 is 4.74 Å². The number of ether oxygens (including phenoxy) is 1. The van der Waals surface area contributed by atoms with E-state index in [1.165, 1.54) is 11.0 Å². The van der Waals surface area contributed by atoms with Crippen molar-refractivity contribution < 1.29 is 23.9 Å². The zero-order valence-corrected chi connectivity index (χ0v) is 20.5. The summed E-state index contributed by atoms with van der Waals surface area (Å²) in [5, 5.41) is 0. The number of benzene rings is 3. The predicted octanol–water partition coefficient (Wildman–Crippen LogP) is 4.95. The Hall–Kier alpha value is -4.32. The lowest BCUT2D eigenvalue weighted by atomic mass is 9.63. The Morgan fingerprint density at radius 2 is 1.32 bits per heavy atom. The van der Waals surface area contributed by atoms with E-state index in [4.69, 9.17) is 4.74 Å². The number of carbonyl (C=O) groups is 4. The molecule has 0 spiro atoms. The quantitative estimate of drug-likeness (QED) is 0.206. The minimum Gasteiger partial charge on any atom is -0.454 e. The van der Waals surface area contributed by atoms with E-state index in [0.29, 0.717) is 17.4 Å². The average Bonchev–Trinajstić information content (AvgIpc) is 3.75. The van der Waals surface area contributed by atoms with E-state index in [1.54, 1.807) is 30.3 Å². The first kappa shape index (κ1) is 22.8. The summed E-state index contributed by atoms with van der Waals surface area (Å²) in [6, 6.07) is 23.4. The summed E-state index contributed by atoms with van der Waals surface area (Å²) in [6.07, 6.45) is 5.32. The molecular formula is C32H25NO5. The van der Waals surface area contributed by atoms with E-state index in [9.17, 15) is 19.2 Å². The van der Waals surface area contributed by atoms with Gasteiger partial charge in [-0.05, 0) is 53.4 Å². The lowest BCUT2D eigenvalue weighted by Gasteiger charge is -2.37. The first-order valence-corrected chi connectivity index (χ1v) is 13.0. The molecule has 6 atom stereocenters. The highest BCUT2D eigenvalue weighted by Gasteiger charge is 2.67. The number of anilines is 1. The van der Waals surface area contributed by atoms with Gasteiger partial charge in [-0.3, -0.25) is 14.4 Å². The molecule has 3 aromatic carbocycles. The molecule has 3 aromatic rings. The van der Waals surface area contributed by atoms with Crippen molar-refractivity contribution >= 4 is 29.3 Å². The van der Waals surface area contributed by atoms with Crippen LogP contribution in [0.1, 0.15) is 27.1 Å². The number of esters is 1. The highest BCUT2D eigenvalue weighted by Crippen LogP contribution is 2.65. The van der Waals surface area contributed by atoms with E-state index in [-0.39, 0.29) is 52.5 Å². The molecule has 2 amide bonds. The Labute approximate surface area is 219 Å². The molecule has 6 heteroatoms. The topological polar surface area (TPSA) is 80.8 Å². The Bertz CT molecular complexity index is 1470. The molecule has 8 rings (SSSR count). The second-order valence-corrected chi connectivity index (χ2v) is 10.6. The van der Waals surface area contributed by atoms with Gasteiger partial charge in [0.2, 0.25) is 11.8 Å². The zero-order chi connectivity index (χ0) is 26.0. The monoisotopic (exact) mass is 503 g/mol. The van der Waals surface area contributed by atoms with Crippen LogP contribution in [-0.2, 0) is 14.3 Å². The van der Waals surface area contributed by atoms with Crippen LogP contribution in [-0.4, -0.2) is 30.2 Å². The van der Waals surface area contributed by atoms with Crippen LogP contribution >= 0.6 is 0 Å². The van der Waals surface area contributed by atoms with Crippen LogP contribution in [0.3, 0.4) is 0 Å². The van der Waals surface area contributed by atoms with Crippen molar-refractivity contribution in [1.29, 1.82) is 0 Å². The van der Waals surface area contributed by atoms with E-state index < -0.39 is 12.6 Å². The van der Waals surface area contributed by atoms with Gasteiger partial charge in [0.15, 0.2) is 12.4 Å². The van der Waals surface area contributed by atoms with Gasteiger partial charge in [-0.1, -0.05) is 78.9 Å². The van der Waals surface area contributed by atoms with Crippen LogP contribution in [0.5, 0.6) is 0 Å². The van der Waals surface area contributed by atoms with Crippen molar-refractivity contribution in [3.63, 3.8) is 0 Å². The Kier molecular flexibility index (Phi) is 5.18. The molecule has 4 aliphatic carbocycles. The van der Waals surface area contributed by atoms with Crippen LogP contribution in [0.15, 0.2) is 91.0 Å². The van der Waals surface area contributed by atoms with Gasteiger partial charge in [-0.2, -0.15) is 0 Å². The van der Waals surface area contributed by atoms with Gasteiger partial charge in [0, 0.05) is 5.56 Å². The summed E-state index contributed by atoms with van der Waals surface area (Å²) in [4.78, 5) is 54.1.